The second kappa shape index (κ2) is 9.43. The van der Waals surface area contributed by atoms with E-state index in [-0.39, 0.29) is 11.8 Å². The number of carbonyl (C=O) groups excluding carboxylic acids is 2. The summed E-state index contributed by atoms with van der Waals surface area (Å²) in [5.74, 6) is -0.0340. The van der Waals surface area contributed by atoms with Crippen molar-refractivity contribution in [3.8, 4) is 11.1 Å². The summed E-state index contributed by atoms with van der Waals surface area (Å²) in [6, 6.07) is 22.8. The van der Waals surface area contributed by atoms with Crippen molar-refractivity contribution < 1.29 is 9.59 Å². The van der Waals surface area contributed by atoms with Crippen LogP contribution >= 0.6 is 0 Å². The van der Waals surface area contributed by atoms with E-state index in [4.69, 9.17) is 0 Å². The number of fused-ring (bicyclic) bond motifs is 1. The number of anilines is 2. The molecule has 0 saturated carbocycles. The third-order valence-corrected chi connectivity index (χ3v) is 7.20. The van der Waals surface area contributed by atoms with E-state index in [2.05, 4.69) is 47.5 Å². The van der Waals surface area contributed by atoms with Crippen LogP contribution in [0.2, 0.25) is 0 Å². The molecule has 1 fully saturated rings. The summed E-state index contributed by atoms with van der Waals surface area (Å²) in [4.78, 5) is 29.5. The zero-order valence-corrected chi connectivity index (χ0v) is 19.9. The zero-order chi connectivity index (χ0) is 23.7. The number of nitrogens with one attached hydrogen (secondary N) is 1. The lowest BCUT2D eigenvalue weighted by molar-refractivity contribution is -0.118. The van der Waals surface area contributed by atoms with Crippen LogP contribution in [0.15, 0.2) is 66.7 Å². The molecule has 3 aromatic rings. The van der Waals surface area contributed by atoms with Gasteiger partial charge in [0.05, 0.1) is 0 Å². The molecule has 0 unspecified atom stereocenters. The SMILES string of the molecule is C[C@@H]1CCCN1Cc1cc(C(=O)Nc2ccc3c(c2)N(C)C(=O)CC3)ccc1-c1ccccc1. The molecular weight excluding hydrogens is 422 g/mol. The van der Waals surface area contributed by atoms with Gasteiger partial charge in [0.15, 0.2) is 0 Å². The Kier molecular flexibility index (Phi) is 6.20. The van der Waals surface area contributed by atoms with Crippen molar-refractivity contribution in [3.63, 3.8) is 0 Å². The number of amides is 2. The molecular formula is C29H31N3O2. The highest BCUT2D eigenvalue weighted by molar-refractivity contribution is 6.05. The average molecular weight is 454 g/mol. The summed E-state index contributed by atoms with van der Waals surface area (Å²) in [5.41, 5.74) is 6.86. The Bertz CT molecular complexity index is 1220. The third kappa shape index (κ3) is 4.48. The molecule has 2 aliphatic heterocycles. The Morgan fingerprint density at radius 1 is 1.03 bits per heavy atom. The molecule has 5 nitrogen and oxygen atoms in total. The van der Waals surface area contributed by atoms with Crippen molar-refractivity contribution in [2.45, 2.75) is 45.2 Å². The van der Waals surface area contributed by atoms with Gasteiger partial charge in [0.25, 0.3) is 5.91 Å². The minimum Gasteiger partial charge on any atom is -0.322 e. The largest absolute Gasteiger partial charge is 0.322 e. The van der Waals surface area contributed by atoms with Crippen LogP contribution in [0.3, 0.4) is 0 Å². The molecule has 1 atom stereocenters. The van der Waals surface area contributed by atoms with E-state index in [1.54, 1.807) is 11.9 Å². The predicted octanol–water partition coefficient (Wildman–Crippen LogP) is 5.50. The van der Waals surface area contributed by atoms with Gasteiger partial charge in [-0.05, 0) is 79.3 Å². The van der Waals surface area contributed by atoms with Gasteiger partial charge >= 0.3 is 0 Å². The van der Waals surface area contributed by atoms with Gasteiger partial charge in [-0.15, -0.1) is 0 Å². The van der Waals surface area contributed by atoms with Gasteiger partial charge in [-0.2, -0.15) is 0 Å². The van der Waals surface area contributed by atoms with Crippen LogP contribution in [-0.4, -0.2) is 36.3 Å². The van der Waals surface area contributed by atoms with E-state index < -0.39 is 0 Å². The maximum atomic E-state index is 13.2. The smallest absolute Gasteiger partial charge is 0.255 e. The predicted molar refractivity (Wildman–Crippen MR) is 137 cm³/mol. The standard InChI is InChI=1S/C29H31N3O2/c1-20-7-6-16-32(20)19-24-17-23(11-14-26(24)21-8-4-3-5-9-21)29(34)30-25-13-10-22-12-15-28(33)31(2)27(22)18-25/h3-5,8-11,13-14,17-18,20H,6-7,12,15-16,19H2,1-2H3,(H,30,34)/t20-/m1/s1. The first kappa shape index (κ1) is 22.4. The molecule has 174 valence electrons. The van der Waals surface area contributed by atoms with Crippen molar-refractivity contribution >= 4 is 23.2 Å². The van der Waals surface area contributed by atoms with Gasteiger partial charge in [0.1, 0.15) is 0 Å². The van der Waals surface area contributed by atoms with Crippen LogP contribution in [-0.2, 0) is 17.8 Å². The number of carbonyl (C=O) groups is 2. The Morgan fingerprint density at radius 2 is 1.85 bits per heavy atom. The van der Waals surface area contributed by atoms with Gasteiger partial charge in [-0.25, -0.2) is 0 Å². The topological polar surface area (TPSA) is 52.7 Å². The van der Waals surface area contributed by atoms with Gasteiger partial charge in [0.2, 0.25) is 5.91 Å². The van der Waals surface area contributed by atoms with Crippen molar-refractivity contribution in [3.05, 3.63) is 83.4 Å². The Labute approximate surface area is 201 Å². The Balaban J connectivity index is 1.42. The Morgan fingerprint density at radius 3 is 2.62 bits per heavy atom. The molecule has 0 aliphatic carbocycles. The summed E-state index contributed by atoms with van der Waals surface area (Å²) in [6.45, 7) is 4.20. The van der Waals surface area contributed by atoms with E-state index in [1.807, 2.05) is 36.4 Å². The van der Waals surface area contributed by atoms with Crippen LogP contribution in [0.4, 0.5) is 11.4 Å². The third-order valence-electron chi connectivity index (χ3n) is 7.20. The van der Waals surface area contributed by atoms with Crippen LogP contribution < -0.4 is 10.2 Å². The van der Waals surface area contributed by atoms with Gasteiger partial charge in [-0.1, -0.05) is 42.5 Å². The maximum Gasteiger partial charge on any atom is 0.255 e. The molecule has 5 heteroatoms. The molecule has 2 heterocycles. The highest BCUT2D eigenvalue weighted by atomic mass is 16.2. The minimum atomic E-state index is -0.139. The maximum absolute atomic E-state index is 13.2. The summed E-state index contributed by atoms with van der Waals surface area (Å²) >= 11 is 0. The molecule has 34 heavy (non-hydrogen) atoms. The second-order valence-electron chi connectivity index (χ2n) is 9.45. The van der Waals surface area contributed by atoms with Crippen LogP contribution in [0.1, 0.15) is 47.7 Å². The highest BCUT2D eigenvalue weighted by Crippen LogP contribution is 2.31. The number of aryl methyl sites for hydroxylation is 1. The van der Waals surface area contributed by atoms with Crippen molar-refractivity contribution in [1.29, 1.82) is 0 Å². The van der Waals surface area contributed by atoms with E-state index >= 15 is 0 Å². The minimum absolute atomic E-state index is 0.105. The summed E-state index contributed by atoms with van der Waals surface area (Å²) in [5, 5.41) is 3.04. The van der Waals surface area contributed by atoms with Crippen molar-refractivity contribution in [2.24, 2.45) is 0 Å². The molecule has 0 bridgehead atoms. The van der Waals surface area contributed by atoms with Crippen molar-refractivity contribution in [1.82, 2.24) is 4.90 Å². The first-order chi connectivity index (χ1) is 16.5. The van der Waals surface area contributed by atoms with E-state index in [9.17, 15) is 9.59 Å². The van der Waals surface area contributed by atoms with Gasteiger partial charge in [0, 0.05) is 43.0 Å². The van der Waals surface area contributed by atoms with Gasteiger partial charge in [-0.3, -0.25) is 14.5 Å². The van der Waals surface area contributed by atoms with Gasteiger partial charge < -0.3 is 10.2 Å². The molecule has 0 spiro atoms. The second-order valence-corrected chi connectivity index (χ2v) is 9.45. The molecule has 0 aromatic heterocycles. The first-order valence-corrected chi connectivity index (χ1v) is 12.1. The fourth-order valence-electron chi connectivity index (χ4n) is 5.12. The molecule has 0 radical (unpaired) electrons. The van der Waals surface area contributed by atoms with E-state index in [1.165, 1.54) is 29.5 Å². The van der Waals surface area contributed by atoms with E-state index in [0.717, 1.165) is 30.8 Å². The summed E-state index contributed by atoms with van der Waals surface area (Å²) in [7, 11) is 1.79. The lowest BCUT2D eigenvalue weighted by Gasteiger charge is -2.26. The monoisotopic (exact) mass is 453 g/mol. The number of benzene rings is 3. The van der Waals surface area contributed by atoms with Crippen LogP contribution in [0.5, 0.6) is 0 Å². The number of likely N-dealkylation sites (tertiary alicyclic amines) is 1. The van der Waals surface area contributed by atoms with Crippen LogP contribution in [0.25, 0.3) is 11.1 Å². The molecule has 2 amide bonds. The number of hydrogen-bond donors (Lipinski definition) is 1. The normalized spacial score (nSPS) is 18.1. The molecule has 1 saturated heterocycles. The summed E-state index contributed by atoms with van der Waals surface area (Å²) in [6.07, 6.45) is 3.71. The first-order valence-electron chi connectivity index (χ1n) is 12.1. The van der Waals surface area contributed by atoms with E-state index in [0.29, 0.717) is 23.7 Å². The fraction of sp³-hybridized carbons (Fsp3) is 0.310. The lowest BCUT2D eigenvalue weighted by Crippen LogP contribution is -2.31. The fourth-order valence-corrected chi connectivity index (χ4v) is 5.12. The quantitative estimate of drug-likeness (QED) is 0.555. The number of hydrogen-bond acceptors (Lipinski definition) is 3. The average Bonchev–Trinajstić information content (AvgIpc) is 3.26. The van der Waals surface area contributed by atoms with Crippen LogP contribution in [0, 0.1) is 0 Å². The lowest BCUT2D eigenvalue weighted by atomic mass is 9.96. The molecule has 5 rings (SSSR count). The van der Waals surface area contributed by atoms with Crippen molar-refractivity contribution in [2.75, 3.05) is 23.8 Å². The molecule has 3 aromatic carbocycles. The molecule has 2 aliphatic rings. The summed E-state index contributed by atoms with van der Waals surface area (Å²) < 4.78 is 0. The number of rotatable bonds is 5. The Hall–Kier alpha value is -3.44. The number of nitrogens with zero attached hydrogens (tertiary/aromatic N) is 2. The zero-order valence-electron chi connectivity index (χ0n) is 19.9. The highest BCUT2D eigenvalue weighted by Gasteiger charge is 2.23. The molecule has 1 N–H and O–H groups in total.